The third-order valence-electron chi connectivity index (χ3n) is 4.88. The molecule has 2 aromatic rings. The second-order valence-electron chi connectivity index (χ2n) is 6.78. The Balaban J connectivity index is 1.43. The van der Waals surface area contributed by atoms with E-state index in [9.17, 15) is 9.59 Å². The van der Waals surface area contributed by atoms with E-state index in [0.717, 1.165) is 5.56 Å². The highest BCUT2D eigenvalue weighted by Crippen LogP contribution is 2.21. The summed E-state index contributed by atoms with van der Waals surface area (Å²) in [6.07, 6.45) is 2.90. The normalized spacial score (nSPS) is 16.0. The maximum absolute atomic E-state index is 12.5. The van der Waals surface area contributed by atoms with Crippen molar-refractivity contribution in [1.29, 1.82) is 0 Å². The summed E-state index contributed by atoms with van der Waals surface area (Å²) in [5.74, 6) is 0.677. The molecule has 0 unspecified atom stereocenters. The minimum Gasteiger partial charge on any atom is -0.467 e. The van der Waals surface area contributed by atoms with Gasteiger partial charge in [-0.2, -0.15) is 0 Å². The number of likely N-dealkylation sites (tertiary alicyclic amines) is 1. The van der Waals surface area contributed by atoms with Gasteiger partial charge in [-0.15, -0.1) is 0 Å². The third-order valence-corrected chi connectivity index (χ3v) is 5.13. The molecule has 0 aliphatic carbocycles. The first-order valence-electron chi connectivity index (χ1n) is 9.14. The monoisotopic (exact) mass is 389 g/mol. The highest BCUT2D eigenvalue weighted by Gasteiger charge is 2.28. The molecule has 1 aromatic carbocycles. The van der Waals surface area contributed by atoms with E-state index < -0.39 is 0 Å². The van der Waals surface area contributed by atoms with Gasteiger partial charge in [0.1, 0.15) is 5.76 Å². The highest BCUT2D eigenvalue weighted by atomic mass is 35.5. The number of carbonyl (C=O) groups excluding carboxylic acids is 2. The van der Waals surface area contributed by atoms with Crippen molar-refractivity contribution >= 4 is 23.5 Å². The lowest BCUT2D eigenvalue weighted by atomic mass is 9.95. The van der Waals surface area contributed by atoms with Crippen LogP contribution in [0.3, 0.4) is 0 Å². The van der Waals surface area contributed by atoms with Gasteiger partial charge in [-0.05, 0) is 49.6 Å². The van der Waals surface area contributed by atoms with Gasteiger partial charge < -0.3 is 20.0 Å². The molecule has 1 aromatic heterocycles. The van der Waals surface area contributed by atoms with E-state index in [1.807, 2.05) is 37.3 Å². The average Bonchev–Trinajstić information content (AvgIpc) is 3.20. The summed E-state index contributed by atoms with van der Waals surface area (Å²) < 4.78 is 5.21. The van der Waals surface area contributed by atoms with Crippen molar-refractivity contribution in [2.75, 3.05) is 13.1 Å². The largest absolute Gasteiger partial charge is 0.467 e. The molecule has 1 fully saturated rings. The lowest BCUT2D eigenvalue weighted by Gasteiger charge is -2.32. The fourth-order valence-electron chi connectivity index (χ4n) is 3.20. The number of nitrogens with one attached hydrogen (secondary N) is 2. The van der Waals surface area contributed by atoms with Crippen LogP contribution in [0.15, 0.2) is 47.1 Å². The number of hydrogen-bond donors (Lipinski definition) is 2. The molecule has 1 aliphatic heterocycles. The zero-order valence-electron chi connectivity index (χ0n) is 15.3. The first-order chi connectivity index (χ1) is 13.0. The number of hydrogen-bond acceptors (Lipinski definition) is 3. The SMILES string of the molecule is C[C@H](NC(=O)C1CCN(C(=O)NCc2ccco2)CC1)c1ccc(Cl)cc1. The van der Waals surface area contributed by atoms with Crippen LogP contribution in [0.1, 0.15) is 37.1 Å². The van der Waals surface area contributed by atoms with Crippen molar-refractivity contribution in [3.63, 3.8) is 0 Å². The zero-order chi connectivity index (χ0) is 19.2. The maximum Gasteiger partial charge on any atom is 0.317 e. The number of nitrogens with zero attached hydrogens (tertiary/aromatic N) is 1. The number of rotatable bonds is 5. The molecule has 2 N–H and O–H groups in total. The number of piperidine rings is 1. The van der Waals surface area contributed by atoms with E-state index in [1.165, 1.54) is 0 Å². The molecule has 3 rings (SSSR count). The minimum atomic E-state index is -0.125. The van der Waals surface area contributed by atoms with Crippen LogP contribution in [0.2, 0.25) is 5.02 Å². The van der Waals surface area contributed by atoms with Crippen molar-refractivity contribution in [3.8, 4) is 0 Å². The Bertz CT molecular complexity index is 753. The molecule has 1 saturated heterocycles. The standard InChI is InChI=1S/C20H24ClN3O3/c1-14(15-4-6-17(21)7-5-15)23-19(25)16-8-10-24(11-9-16)20(26)22-13-18-3-2-12-27-18/h2-7,12,14,16H,8-11,13H2,1H3,(H,22,26)(H,23,25)/t14-/m0/s1. The van der Waals surface area contributed by atoms with Crippen LogP contribution in [-0.2, 0) is 11.3 Å². The maximum atomic E-state index is 12.5. The van der Waals surface area contributed by atoms with Crippen LogP contribution in [0.25, 0.3) is 0 Å². The van der Waals surface area contributed by atoms with Gasteiger partial charge >= 0.3 is 6.03 Å². The minimum absolute atomic E-state index is 0.0353. The first-order valence-corrected chi connectivity index (χ1v) is 9.51. The summed E-state index contributed by atoms with van der Waals surface area (Å²) in [5, 5.41) is 6.57. The van der Waals surface area contributed by atoms with E-state index in [0.29, 0.717) is 43.3 Å². The van der Waals surface area contributed by atoms with Gasteiger partial charge in [0.15, 0.2) is 0 Å². The fourth-order valence-corrected chi connectivity index (χ4v) is 3.32. The summed E-state index contributed by atoms with van der Waals surface area (Å²) in [4.78, 5) is 26.5. The molecule has 2 heterocycles. The highest BCUT2D eigenvalue weighted by molar-refractivity contribution is 6.30. The van der Waals surface area contributed by atoms with Gasteiger partial charge in [-0.25, -0.2) is 4.79 Å². The van der Waals surface area contributed by atoms with Crippen molar-refractivity contribution in [3.05, 3.63) is 59.0 Å². The molecule has 6 nitrogen and oxygen atoms in total. The second-order valence-corrected chi connectivity index (χ2v) is 7.22. The molecule has 7 heteroatoms. The molecule has 0 spiro atoms. The fraction of sp³-hybridized carbons (Fsp3) is 0.400. The third kappa shape index (κ3) is 5.26. The molecule has 0 saturated carbocycles. The number of amides is 3. The summed E-state index contributed by atoms with van der Waals surface area (Å²) in [5.41, 5.74) is 1.02. The van der Waals surface area contributed by atoms with Crippen molar-refractivity contribution in [2.24, 2.45) is 5.92 Å². The summed E-state index contributed by atoms with van der Waals surface area (Å²) in [7, 11) is 0. The van der Waals surface area contributed by atoms with Crippen LogP contribution < -0.4 is 10.6 Å². The first kappa shape index (κ1) is 19.3. The molecule has 0 radical (unpaired) electrons. The Hall–Kier alpha value is -2.47. The van der Waals surface area contributed by atoms with Gasteiger partial charge in [0.25, 0.3) is 0 Å². The second kappa shape index (κ2) is 8.95. The zero-order valence-corrected chi connectivity index (χ0v) is 16.0. The molecular formula is C20H24ClN3O3. The predicted molar refractivity (Wildman–Crippen MR) is 103 cm³/mol. The molecule has 27 heavy (non-hydrogen) atoms. The lowest BCUT2D eigenvalue weighted by molar-refractivity contribution is -0.126. The van der Waals surface area contributed by atoms with Gasteiger partial charge in [0.2, 0.25) is 5.91 Å². The van der Waals surface area contributed by atoms with E-state index >= 15 is 0 Å². The number of urea groups is 1. The van der Waals surface area contributed by atoms with Crippen LogP contribution in [0.4, 0.5) is 4.79 Å². The van der Waals surface area contributed by atoms with E-state index in [4.69, 9.17) is 16.0 Å². The van der Waals surface area contributed by atoms with Gasteiger partial charge in [0, 0.05) is 24.0 Å². The van der Waals surface area contributed by atoms with Crippen LogP contribution >= 0.6 is 11.6 Å². The summed E-state index contributed by atoms with van der Waals surface area (Å²) in [6, 6.07) is 10.9. The van der Waals surface area contributed by atoms with Crippen molar-refractivity contribution < 1.29 is 14.0 Å². The Kier molecular flexibility index (Phi) is 6.40. The van der Waals surface area contributed by atoms with E-state index in [-0.39, 0.29) is 23.9 Å². The molecule has 1 aliphatic rings. The molecule has 3 amide bonds. The molecular weight excluding hydrogens is 366 g/mol. The quantitative estimate of drug-likeness (QED) is 0.818. The smallest absolute Gasteiger partial charge is 0.317 e. The van der Waals surface area contributed by atoms with Crippen LogP contribution in [0.5, 0.6) is 0 Å². The van der Waals surface area contributed by atoms with Crippen LogP contribution in [-0.4, -0.2) is 29.9 Å². The topological polar surface area (TPSA) is 74.6 Å². The average molecular weight is 390 g/mol. The van der Waals surface area contributed by atoms with Crippen molar-refractivity contribution in [2.45, 2.75) is 32.4 Å². The summed E-state index contributed by atoms with van der Waals surface area (Å²) >= 11 is 5.90. The Morgan fingerprint density at radius 1 is 1.22 bits per heavy atom. The Morgan fingerprint density at radius 2 is 1.93 bits per heavy atom. The number of halogens is 1. The Morgan fingerprint density at radius 3 is 2.56 bits per heavy atom. The summed E-state index contributed by atoms with van der Waals surface area (Å²) in [6.45, 7) is 3.46. The number of furan rings is 1. The van der Waals surface area contributed by atoms with Gasteiger partial charge in [0.05, 0.1) is 18.8 Å². The van der Waals surface area contributed by atoms with Crippen LogP contribution in [0, 0.1) is 5.92 Å². The van der Waals surface area contributed by atoms with E-state index in [1.54, 1.807) is 17.2 Å². The number of benzene rings is 1. The predicted octanol–water partition coefficient (Wildman–Crippen LogP) is 3.73. The van der Waals surface area contributed by atoms with Gasteiger partial charge in [-0.1, -0.05) is 23.7 Å². The van der Waals surface area contributed by atoms with Gasteiger partial charge in [-0.3, -0.25) is 4.79 Å². The number of carbonyl (C=O) groups is 2. The Labute approximate surface area is 163 Å². The molecule has 144 valence electrons. The van der Waals surface area contributed by atoms with E-state index in [2.05, 4.69) is 10.6 Å². The van der Waals surface area contributed by atoms with Crippen molar-refractivity contribution in [1.82, 2.24) is 15.5 Å². The molecule has 1 atom stereocenters. The lowest BCUT2D eigenvalue weighted by Crippen LogP contribution is -2.46. The molecule has 0 bridgehead atoms.